The molecule has 0 fully saturated rings. The topological polar surface area (TPSA) is 52.6 Å². The van der Waals surface area contributed by atoms with E-state index >= 15 is 0 Å². The molecule has 96 valence electrons. The summed E-state index contributed by atoms with van der Waals surface area (Å²) in [5.41, 5.74) is -0.544. The average Bonchev–Trinajstić information content (AvgIpc) is 2.23. The standard InChI is InChI=1S/C12H26N2O2/c1-5-7-8-14(9-10-15)11(16)12(3,4)13-6-2/h13,15H,5-10H2,1-4H3. The molecule has 0 unspecified atom stereocenters. The molecule has 4 nitrogen and oxygen atoms in total. The van der Waals surface area contributed by atoms with E-state index in [2.05, 4.69) is 12.2 Å². The lowest BCUT2D eigenvalue weighted by Crippen LogP contribution is -2.54. The van der Waals surface area contributed by atoms with E-state index in [0.717, 1.165) is 25.9 Å². The molecule has 0 atom stereocenters. The van der Waals surface area contributed by atoms with Crippen molar-refractivity contribution in [1.29, 1.82) is 0 Å². The predicted molar refractivity (Wildman–Crippen MR) is 66.3 cm³/mol. The third-order valence-electron chi connectivity index (χ3n) is 2.59. The molecule has 0 saturated carbocycles. The monoisotopic (exact) mass is 230 g/mol. The Hall–Kier alpha value is -0.610. The maximum Gasteiger partial charge on any atom is 0.242 e. The molecule has 0 bridgehead atoms. The second kappa shape index (κ2) is 7.63. The molecule has 16 heavy (non-hydrogen) atoms. The second-order valence-corrected chi connectivity index (χ2v) is 4.52. The van der Waals surface area contributed by atoms with Crippen molar-refractivity contribution in [2.24, 2.45) is 0 Å². The summed E-state index contributed by atoms with van der Waals surface area (Å²) < 4.78 is 0. The third-order valence-corrected chi connectivity index (χ3v) is 2.59. The van der Waals surface area contributed by atoms with Gasteiger partial charge < -0.3 is 15.3 Å². The molecule has 1 amide bonds. The van der Waals surface area contributed by atoms with E-state index in [1.165, 1.54) is 0 Å². The fraction of sp³-hybridized carbons (Fsp3) is 0.917. The fourth-order valence-electron chi connectivity index (χ4n) is 1.70. The van der Waals surface area contributed by atoms with Crippen LogP contribution < -0.4 is 5.32 Å². The van der Waals surface area contributed by atoms with Crippen molar-refractivity contribution in [2.45, 2.75) is 46.1 Å². The molecule has 0 aliphatic heterocycles. The van der Waals surface area contributed by atoms with Crippen molar-refractivity contribution in [3.63, 3.8) is 0 Å². The molecule has 0 aliphatic rings. The summed E-state index contributed by atoms with van der Waals surface area (Å²) in [5, 5.41) is 12.1. The number of nitrogens with zero attached hydrogens (tertiary/aromatic N) is 1. The summed E-state index contributed by atoms with van der Waals surface area (Å²) in [6.07, 6.45) is 2.03. The fourth-order valence-corrected chi connectivity index (χ4v) is 1.70. The summed E-state index contributed by atoms with van der Waals surface area (Å²) in [4.78, 5) is 13.9. The molecular weight excluding hydrogens is 204 g/mol. The summed E-state index contributed by atoms with van der Waals surface area (Å²) in [7, 11) is 0. The van der Waals surface area contributed by atoms with Gasteiger partial charge in [0.2, 0.25) is 5.91 Å². The van der Waals surface area contributed by atoms with Crippen LogP contribution in [0.1, 0.15) is 40.5 Å². The van der Waals surface area contributed by atoms with E-state index in [9.17, 15) is 4.79 Å². The number of carbonyl (C=O) groups excluding carboxylic acids is 1. The number of aliphatic hydroxyl groups excluding tert-OH is 1. The molecule has 0 aliphatic carbocycles. The van der Waals surface area contributed by atoms with Crippen molar-refractivity contribution in [3.8, 4) is 0 Å². The highest BCUT2D eigenvalue weighted by atomic mass is 16.3. The Morgan fingerprint density at radius 2 is 1.94 bits per heavy atom. The number of unbranched alkanes of at least 4 members (excludes halogenated alkanes) is 1. The average molecular weight is 230 g/mol. The summed E-state index contributed by atoms with van der Waals surface area (Å²) >= 11 is 0. The number of amides is 1. The van der Waals surface area contributed by atoms with Crippen LogP contribution in [0.5, 0.6) is 0 Å². The molecule has 4 heteroatoms. The van der Waals surface area contributed by atoms with Gasteiger partial charge in [-0.1, -0.05) is 20.3 Å². The normalized spacial score (nSPS) is 11.6. The van der Waals surface area contributed by atoms with Crippen LogP contribution in [0.25, 0.3) is 0 Å². The lowest BCUT2D eigenvalue weighted by molar-refractivity contribution is -0.137. The van der Waals surface area contributed by atoms with Crippen molar-refractivity contribution in [3.05, 3.63) is 0 Å². The van der Waals surface area contributed by atoms with Gasteiger partial charge in [0.15, 0.2) is 0 Å². The number of hydrogen-bond acceptors (Lipinski definition) is 3. The zero-order valence-corrected chi connectivity index (χ0v) is 11.0. The van der Waals surface area contributed by atoms with E-state index in [1.54, 1.807) is 4.90 Å². The molecule has 0 aromatic heterocycles. The van der Waals surface area contributed by atoms with Crippen LogP contribution in [0.2, 0.25) is 0 Å². The second-order valence-electron chi connectivity index (χ2n) is 4.52. The Balaban J connectivity index is 4.45. The maximum atomic E-state index is 12.2. The highest BCUT2D eigenvalue weighted by molar-refractivity contribution is 5.85. The van der Waals surface area contributed by atoms with Crippen LogP contribution in [0, 0.1) is 0 Å². The minimum Gasteiger partial charge on any atom is -0.395 e. The summed E-state index contributed by atoms with van der Waals surface area (Å²) in [6, 6.07) is 0. The van der Waals surface area contributed by atoms with E-state index in [0.29, 0.717) is 6.54 Å². The summed E-state index contributed by atoms with van der Waals surface area (Å²) in [5.74, 6) is 0.0665. The Morgan fingerprint density at radius 3 is 2.38 bits per heavy atom. The van der Waals surface area contributed by atoms with Gasteiger partial charge in [0.1, 0.15) is 0 Å². The van der Waals surface area contributed by atoms with Crippen molar-refractivity contribution in [2.75, 3.05) is 26.2 Å². The largest absolute Gasteiger partial charge is 0.395 e. The van der Waals surface area contributed by atoms with Crippen LogP contribution in [-0.2, 0) is 4.79 Å². The zero-order chi connectivity index (χ0) is 12.6. The van der Waals surface area contributed by atoms with Crippen LogP contribution in [0.15, 0.2) is 0 Å². The molecule has 2 N–H and O–H groups in total. The molecule has 0 rings (SSSR count). The maximum absolute atomic E-state index is 12.2. The van der Waals surface area contributed by atoms with Crippen LogP contribution in [0.4, 0.5) is 0 Å². The van der Waals surface area contributed by atoms with Gasteiger partial charge in [-0.25, -0.2) is 0 Å². The molecule has 0 aromatic rings. The van der Waals surface area contributed by atoms with Crippen LogP contribution in [0.3, 0.4) is 0 Å². The summed E-state index contributed by atoms with van der Waals surface area (Å²) in [6.45, 7) is 9.79. The third kappa shape index (κ3) is 4.94. The first-order valence-corrected chi connectivity index (χ1v) is 6.14. The minimum absolute atomic E-state index is 0.0255. The van der Waals surface area contributed by atoms with Gasteiger partial charge in [-0.3, -0.25) is 4.79 Å². The minimum atomic E-state index is -0.544. The quantitative estimate of drug-likeness (QED) is 0.654. The first-order chi connectivity index (χ1) is 7.49. The van der Waals surface area contributed by atoms with Gasteiger partial charge in [-0.2, -0.15) is 0 Å². The van der Waals surface area contributed by atoms with E-state index in [4.69, 9.17) is 5.11 Å². The number of hydrogen-bond donors (Lipinski definition) is 2. The van der Waals surface area contributed by atoms with E-state index in [1.807, 2.05) is 20.8 Å². The van der Waals surface area contributed by atoms with Crippen LogP contribution >= 0.6 is 0 Å². The zero-order valence-electron chi connectivity index (χ0n) is 11.0. The smallest absolute Gasteiger partial charge is 0.242 e. The Kier molecular flexibility index (Phi) is 7.34. The Morgan fingerprint density at radius 1 is 1.31 bits per heavy atom. The molecule has 0 heterocycles. The Labute approximate surface area is 99.0 Å². The van der Waals surface area contributed by atoms with Gasteiger partial charge >= 0.3 is 0 Å². The highest BCUT2D eigenvalue weighted by Gasteiger charge is 2.30. The predicted octanol–water partition coefficient (Wildman–Crippen LogP) is 0.995. The SMILES string of the molecule is CCCCN(CCO)C(=O)C(C)(C)NCC. The first-order valence-electron chi connectivity index (χ1n) is 6.14. The molecule has 0 saturated heterocycles. The van der Waals surface area contributed by atoms with Gasteiger partial charge in [0, 0.05) is 13.1 Å². The highest BCUT2D eigenvalue weighted by Crippen LogP contribution is 2.09. The van der Waals surface area contributed by atoms with Gasteiger partial charge in [0.25, 0.3) is 0 Å². The van der Waals surface area contributed by atoms with E-state index in [-0.39, 0.29) is 12.5 Å². The van der Waals surface area contributed by atoms with E-state index < -0.39 is 5.54 Å². The molecule has 0 spiro atoms. The molecule has 0 aromatic carbocycles. The van der Waals surface area contributed by atoms with Crippen molar-refractivity contribution < 1.29 is 9.90 Å². The first kappa shape index (κ1) is 15.4. The number of rotatable bonds is 8. The van der Waals surface area contributed by atoms with Crippen molar-refractivity contribution in [1.82, 2.24) is 10.2 Å². The van der Waals surface area contributed by atoms with Gasteiger partial charge in [0.05, 0.1) is 12.1 Å². The number of carbonyl (C=O) groups is 1. The van der Waals surface area contributed by atoms with Crippen molar-refractivity contribution >= 4 is 5.91 Å². The van der Waals surface area contributed by atoms with Crippen LogP contribution in [-0.4, -0.2) is 47.7 Å². The number of likely N-dealkylation sites (N-methyl/N-ethyl adjacent to an activating group) is 1. The number of aliphatic hydroxyl groups is 1. The Bertz CT molecular complexity index is 205. The molecule has 0 radical (unpaired) electrons. The number of nitrogens with one attached hydrogen (secondary N) is 1. The lowest BCUT2D eigenvalue weighted by Gasteiger charge is -2.32. The van der Waals surface area contributed by atoms with Gasteiger partial charge in [-0.15, -0.1) is 0 Å². The van der Waals surface area contributed by atoms with Gasteiger partial charge in [-0.05, 0) is 26.8 Å². The lowest BCUT2D eigenvalue weighted by atomic mass is 10.0. The molecular formula is C12H26N2O2.